The van der Waals surface area contributed by atoms with Gasteiger partial charge in [0.15, 0.2) is 0 Å². The molecule has 0 unspecified atom stereocenters. The van der Waals surface area contributed by atoms with E-state index in [4.69, 9.17) is 0 Å². The van der Waals surface area contributed by atoms with Crippen LogP contribution in [0, 0.1) is 0 Å². The Morgan fingerprint density at radius 2 is 1.75 bits per heavy atom. The fraction of sp³-hybridized carbons (Fsp3) is 0.357. The molecule has 0 bridgehead atoms. The van der Waals surface area contributed by atoms with Crippen molar-refractivity contribution in [1.82, 2.24) is 4.57 Å². The summed E-state index contributed by atoms with van der Waals surface area (Å²) in [6, 6.07) is 9.71. The first-order valence-corrected chi connectivity index (χ1v) is 5.50. The summed E-state index contributed by atoms with van der Waals surface area (Å²) in [7, 11) is 1.82. The first kappa shape index (κ1) is 10.9. The molecule has 0 aliphatic heterocycles. The minimum Gasteiger partial charge on any atom is -0.311 e. The molecule has 0 radical (unpaired) electrons. The smallest absolute Gasteiger partial charge is 0.250 e. The first-order chi connectivity index (χ1) is 7.41. The molecule has 1 aromatic heterocycles. The summed E-state index contributed by atoms with van der Waals surface area (Å²) in [5, 5.41) is 1.16. The van der Waals surface area contributed by atoms with Crippen LogP contribution >= 0.6 is 0 Å². The number of hydrogen-bond donors (Lipinski definition) is 0. The predicted molar refractivity (Wildman–Crippen MR) is 67.9 cm³/mol. The monoisotopic (exact) mass is 215 g/mol. The summed E-state index contributed by atoms with van der Waals surface area (Å²) >= 11 is 0. The van der Waals surface area contributed by atoms with Gasteiger partial charge in [-0.05, 0) is 23.1 Å². The third-order valence-electron chi connectivity index (χ3n) is 2.98. The molecule has 0 aliphatic carbocycles. The Hall–Kier alpha value is -1.57. The fourth-order valence-corrected chi connectivity index (χ4v) is 2.06. The van der Waals surface area contributed by atoms with Gasteiger partial charge in [0.2, 0.25) is 0 Å². The van der Waals surface area contributed by atoms with Crippen molar-refractivity contribution in [2.45, 2.75) is 26.2 Å². The summed E-state index contributed by atoms with van der Waals surface area (Å²) in [5.41, 5.74) is 2.41. The van der Waals surface area contributed by atoms with Crippen LogP contribution in [0.4, 0.5) is 0 Å². The second-order valence-electron chi connectivity index (χ2n) is 5.22. The van der Waals surface area contributed by atoms with Crippen LogP contribution < -0.4 is 5.56 Å². The normalized spacial score (nSPS) is 12.0. The van der Waals surface area contributed by atoms with Crippen LogP contribution in [0.5, 0.6) is 0 Å². The van der Waals surface area contributed by atoms with E-state index in [1.807, 2.05) is 25.2 Å². The Labute approximate surface area is 95.5 Å². The average Bonchev–Trinajstić information content (AvgIpc) is 2.21. The van der Waals surface area contributed by atoms with Crippen molar-refractivity contribution in [1.29, 1.82) is 0 Å². The van der Waals surface area contributed by atoms with Crippen LogP contribution in [0.1, 0.15) is 26.3 Å². The number of fused-ring (bicyclic) bond motifs is 1. The van der Waals surface area contributed by atoms with Gasteiger partial charge in [-0.1, -0.05) is 32.9 Å². The number of nitrogens with zero attached hydrogens (tertiary/aromatic N) is 1. The highest BCUT2D eigenvalue weighted by Crippen LogP contribution is 2.28. The van der Waals surface area contributed by atoms with Crippen molar-refractivity contribution in [3.05, 3.63) is 46.2 Å². The van der Waals surface area contributed by atoms with Gasteiger partial charge in [0.1, 0.15) is 0 Å². The lowest BCUT2D eigenvalue weighted by molar-refractivity contribution is 0.595. The number of pyridine rings is 1. The second kappa shape index (κ2) is 3.48. The van der Waals surface area contributed by atoms with Crippen molar-refractivity contribution in [2.75, 3.05) is 0 Å². The SMILES string of the molecule is Cn1c(=O)ccc2c(C(C)(C)C)cccc21. The predicted octanol–water partition coefficient (Wildman–Crippen LogP) is 2.84. The van der Waals surface area contributed by atoms with Gasteiger partial charge in [-0.3, -0.25) is 4.79 Å². The maximum absolute atomic E-state index is 11.6. The van der Waals surface area contributed by atoms with Crippen LogP contribution in [0.3, 0.4) is 0 Å². The number of rotatable bonds is 0. The van der Waals surface area contributed by atoms with Gasteiger partial charge < -0.3 is 4.57 Å². The summed E-state index contributed by atoms with van der Waals surface area (Å²) < 4.78 is 1.70. The maximum atomic E-state index is 11.6. The molecule has 16 heavy (non-hydrogen) atoms. The van der Waals surface area contributed by atoms with Crippen molar-refractivity contribution >= 4 is 10.9 Å². The zero-order valence-electron chi connectivity index (χ0n) is 10.2. The third-order valence-corrected chi connectivity index (χ3v) is 2.98. The van der Waals surface area contributed by atoms with E-state index in [0.717, 1.165) is 10.9 Å². The molecule has 1 aromatic carbocycles. The highest BCUT2D eigenvalue weighted by Gasteiger charge is 2.16. The van der Waals surface area contributed by atoms with Gasteiger partial charge in [0, 0.05) is 18.5 Å². The maximum Gasteiger partial charge on any atom is 0.250 e. The fourth-order valence-electron chi connectivity index (χ4n) is 2.06. The molecule has 2 aromatic rings. The molecule has 0 saturated carbocycles. The first-order valence-electron chi connectivity index (χ1n) is 5.50. The average molecular weight is 215 g/mol. The molecule has 2 rings (SSSR count). The molecule has 0 N–H and O–H groups in total. The largest absolute Gasteiger partial charge is 0.311 e. The van der Waals surface area contributed by atoms with Crippen LogP contribution in [0.2, 0.25) is 0 Å². The van der Waals surface area contributed by atoms with Gasteiger partial charge in [0.25, 0.3) is 5.56 Å². The lowest BCUT2D eigenvalue weighted by Crippen LogP contribution is -2.18. The topological polar surface area (TPSA) is 22.0 Å². The van der Waals surface area contributed by atoms with Gasteiger partial charge >= 0.3 is 0 Å². The molecule has 0 spiro atoms. The minimum atomic E-state index is 0.0403. The second-order valence-corrected chi connectivity index (χ2v) is 5.22. The molecule has 2 nitrogen and oxygen atoms in total. The van der Waals surface area contributed by atoms with Gasteiger partial charge in [-0.2, -0.15) is 0 Å². The molecule has 0 atom stereocenters. The van der Waals surface area contributed by atoms with Crippen LogP contribution in [0.15, 0.2) is 35.1 Å². The zero-order chi connectivity index (χ0) is 11.9. The molecular formula is C14H17NO. The van der Waals surface area contributed by atoms with Crippen LogP contribution in [-0.2, 0) is 12.5 Å². The summed E-state index contributed by atoms with van der Waals surface area (Å²) in [4.78, 5) is 11.6. The lowest BCUT2D eigenvalue weighted by Gasteiger charge is -2.21. The van der Waals surface area contributed by atoms with Crippen molar-refractivity contribution in [3.63, 3.8) is 0 Å². The zero-order valence-corrected chi connectivity index (χ0v) is 10.2. The Balaban J connectivity index is 2.91. The van der Waals surface area contributed by atoms with E-state index < -0.39 is 0 Å². The molecule has 0 aliphatic rings. The number of hydrogen-bond acceptors (Lipinski definition) is 1. The van der Waals surface area contributed by atoms with Gasteiger partial charge in [-0.15, -0.1) is 0 Å². The van der Waals surface area contributed by atoms with E-state index in [2.05, 4.69) is 26.8 Å². The van der Waals surface area contributed by atoms with E-state index in [-0.39, 0.29) is 11.0 Å². The highest BCUT2D eigenvalue weighted by molar-refractivity contribution is 5.83. The van der Waals surface area contributed by atoms with Crippen molar-refractivity contribution < 1.29 is 0 Å². The van der Waals surface area contributed by atoms with E-state index in [1.165, 1.54) is 5.56 Å². The summed E-state index contributed by atoms with van der Waals surface area (Å²) in [6.07, 6.45) is 0. The quantitative estimate of drug-likeness (QED) is 0.662. The van der Waals surface area contributed by atoms with E-state index in [1.54, 1.807) is 10.6 Å². The number of benzene rings is 1. The van der Waals surface area contributed by atoms with E-state index in [9.17, 15) is 4.79 Å². The number of aromatic nitrogens is 1. The summed E-state index contributed by atoms with van der Waals surface area (Å²) in [6.45, 7) is 6.56. The molecule has 2 heteroatoms. The molecular weight excluding hydrogens is 198 g/mol. The lowest BCUT2D eigenvalue weighted by atomic mass is 9.84. The third kappa shape index (κ3) is 1.64. The Kier molecular flexibility index (Phi) is 2.38. The van der Waals surface area contributed by atoms with Crippen molar-refractivity contribution in [2.24, 2.45) is 7.05 Å². The Morgan fingerprint density at radius 3 is 2.38 bits per heavy atom. The molecule has 1 heterocycles. The summed E-state index contributed by atoms with van der Waals surface area (Å²) in [5.74, 6) is 0. The van der Waals surface area contributed by atoms with Gasteiger partial charge in [0.05, 0.1) is 5.52 Å². The Morgan fingerprint density at radius 1 is 1.06 bits per heavy atom. The van der Waals surface area contributed by atoms with E-state index in [0.29, 0.717) is 0 Å². The molecule has 0 saturated heterocycles. The molecule has 84 valence electrons. The standard InChI is InChI=1S/C14H17NO/c1-14(2,3)11-6-5-7-12-10(11)8-9-13(16)15(12)4/h5-9H,1-4H3. The van der Waals surface area contributed by atoms with Gasteiger partial charge in [-0.25, -0.2) is 0 Å². The minimum absolute atomic E-state index is 0.0403. The highest BCUT2D eigenvalue weighted by atomic mass is 16.1. The van der Waals surface area contributed by atoms with Crippen LogP contribution in [-0.4, -0.2) is 4.57 Å². The van der Waals surface area contributed by atoms with E-state index >= 15 is 0 Å². The van der Waals surface area contributed by atoms with Crippen LogP contribution in [0.25, 0.3) is 10.9 Å². The molecule has 0 amide bonds. The Bertz CT molecular complexity index is 588. The number of aryl methyl sites for hydroxylation is 1. The van der Waals surface area contributed by atoms with Crippen molar-refractivity contribution in [3.8, 4) is 0 Å². The molecule has 0 fully saturated rings.